The minimum Gasteiger partial charge on any atom is -0.389 e. The Morgan fingerprint density at radius 1 is 1.60 bits per heavy atom. The molecule has 3 N–H and O–H groups in total. The molecule has 15 heavy (non-hydrogen) atoms. The number of rotatable bonds is 6. The lowest BCUT2D eigenvalue weighted by molar-refractivity contribution is -0.123. The third-order valence-electron chi connectivity index (χ3n) is 2.87. The fourth-order valence-corrected chi connectivity index (χ4v) is 1.14. The van der Waals surface area contributed by atoms with Crippen LogP contribution in [-0.2, 0) is 4.79 Å². The fourth-order valence-electron chi connectivity index (χ4n) is 1.14. The molecule has 88 valence electrons. The lowest BCUT2D eigenvalue weighted by Gasteiger charge is -2.24. The van der Waals surface area contributed by atoms with Crippen LogP contribution >= 0.6 is 0 Å². The maximum atomic E-state index is 11.5. The average Bonchev–Trinajstić information content (AvgIpc) is 2.98. The maximum Gasteiger partial charge on any atom is 0.237 e. The van der Waals surface area contributed by atoms with Gasteiger partial charge < -0.3 is 15.7 Å². The van der Waals surface area contributed by atoms with Gasteiger partial charge in [-0.3, -0.25) is 4.79 Å². The van der Waals surface area contributed by atoms with Gasteiger partial charge in [0.25, 0.3) is 0 Å². The van der Waals surface area contributed by atoms with Crippen LogP contribution in [0.4, 0.5) is 0 Å². The molecular weight excluding hydrogens is 192 g/mol. The van der Waals surface area contributed by atoms with E-state index in [1.807, 2.05) is 13.8 Å². The molecule has 4 heteroatoms. The molecule has 1 aliphatic carbocycles. The molecule has 0 aromatic heterocycles. The first-order valence-electron chi connectivity index (χ1n) is 5.71. The van der Waals surface area contributed by atoms with Crippen molar-refractivity contribution in [3.63, 3.8) is 0 Å². The third kappa shape index (κ3) is 4.62. The van der Waals surface area contributed by atoms with E-state index in [-0.39, 0.29) is 11.9 Å². The Labute approximate surface area is 91.4 Å². The summed E-state index contributed by atoms with van der Waals surface area (Å²) in [6.07, 6.45) is 2.88. The van der Waals surface area contributed by atoms with E-state index in [9.17, 15) is 9.90 Å². The summed E-state index contributed by atoms with van der Waals surface area (Å²) in [6, 6.07) is 0.164. The average molecular weight is 214 g/mol. The molecule has 0 radical (unpaired) electrons. The summed E-state index contributed by atoms with van der Waals surface area (Å²) in [5, 5.41) is 15.7. The van der Waals surface area contributed by atoms with Crippen LogP contribution < -0.4 is 10.6 Å². The zero-order valence-electron chi connectivity index (χ0n) is 9.84. The smallest absolute Gasteiger partial charge is 0.237 e. The molecule has 1 rings (SSSR count). The first kappa shape index (κ1) is 12.5. The van der Waals surface area contributed by atoms with Gasteiger partial charge in [0.2, 0.25) is 5.91 Å². The molecule has 0 heterocycles. The highest BCUT2D eigenvalue weighted by molar-refractivity contribution is 5.81. The van der Waals surface area contributed by atoms with E-state index in [4.69, 9.17) is 0 Å². The van der Waals surface area contributed by atoms with Crippen molar-refractivity contribution in [2.45, 2.75) is 57.7 Å². The summed E-state index contributed by atoms with van der Waals surface area (Å²) < 4.78 is 0. The van der Waals surface area contributed by atoms with E-state index in [0.717, 1.165) is 12.8 Å². The highest BCUT2D eigenvalue weighted by atomic mass is 16.3. The van der Waals surface area contributed by atoms with Gasteiger partial charge in [-0.25, -0.2) is 0 Å². The van der Waals surface area contributed by atoms with Crippen molar-refractivity contribution in [1.29, 1.82) is 0 Å². The summed E-state index contributed by atoms with van der Waals surface area (Å²) >= 11 is 0. The van der Waals surface area contributed by atoms with Gasteiger partial charge in [-0.2, -0.15) is 0 Å². The van der Waals surface area contributed by atoms with E-state index < -0.39 is 5.60 Å². The summed E-state index contributed by atoms with van der Waals surface area (Å²) in [5.74, 6) is 0.0319. The van der Waals surface area contributed by atoms with Crippen molar-refractivity contribution < 1.29 is 9.90 Å². The van der Waals surface area contributed by atoms with E-state index in [1.165, 1.54) is 0 Å². The molecule has 2 unspecified atom stereocenters. The zero-order valence-corrected chi connectivity index (χ0v) is 9.84. The second kappa shape index (κ2) is 4.94. The molecule has 0 bridgehead atoms. The Morgan fingerprint density at radius 3 is 2.67 bits per heavy atom. The second-order valence-corrected chi connectivity index (χ2v) is 4.74. The van der Waals surface area contributed by atoms with Gasteiger partial charge in [0.1, 0.15) is 0 Å². The van der Waals surface area contributed by atoms with Gasteiger partial charge in [0.15, 0.2) is 0 Å². The minimum absolute atomic E-state index is 0.0319. The number of hydrogen-bond acceptors (Lipinski definition) is 3. The van der Waals surface area contributed by atoms with Crippen molar-refractivity contribution >= 4 is 5.91 Å². The molecule has 0 aromatic carbocycles. The zero-order chi connectivity index (χ0) is 11.5. The molecule has 1 saturated carbocycles. The summed E-state index contributed by atoms with van der Waals surface area (Å²) in [5.41, 5.74) is -0.728. The van der Waals surface area contributed by atoms with E-state index >= 15 is 0 Å². The Hall–Kier alpha value is -0.610. The standard InChI is InChI=1S/C11H22N2O2/c1-4-11(3,15)7-12-8(2)10(14)13-9-5-6-9/h8-9,12,15H,4-7H2,1-3H3,(H,13,14). The van der Waals surface area contributed by atoms with Crippen molar-refractivity contribution in [2.24, 2.45) is 0 Å². The number of aliphatic hydroxyl groups is 1. The molecule has 1 aliphatic rings. The number of hydrogen-bond donors (Lipinski definition) is 3. The van der Waals surface area contributed by atoms with Crippen molar-refractivity contribution in [2.75, 3.05) is 6.54 Å². The maximum absolute atomic E-state index is 11.5. The summed E-state index contributed by atoms with van der Waals surface area (Å²) in [6.45, 7) is 5.97. The number of amides is 1. The van der Waals surface area contributed by atoms with Crippen LogP contribution in [0.25, 0.3) is 0 Å². The molecule has 0 spiro atoms. The second-order valence-electron chi connectivity index (χ2n) is 4.74. The Balaban J connectivity index is 2.21. The van der Waals surface area contributed by atoms with E-state index in [2.05, 4.69) is 10.6 Å². The topological polar surface area (TPSA) is 61.4 Å². The van der Waals surface area contributed by atoms with Gasteiger partial charge in [0, 0.05) is 12.6 Å². The van der Waals surface area contributed by atoms with Gasteiger partial charge in [-0.05, 0) is 33.1 Å². The van der Waals surface area contributed by atoms with E-state index in [0.29, 0.717) is 19.0 Å². The van der Waals surface area contributed by atoms with Crippen LogP contribution in [0.15, 0.2) is 0 Å². The number of carbonyl (C=O) groups excluding carboxylic acids is 1. The van der Waals surface area contributed by atoms with Gasteiger partial charge in [-0.1, -0.05) is 6.92 Å². The van der Waals surface area contributed by atoms with Crippen LogP contribution in [0.5, 0.6) is 0 Å². The predicted molar refractivity (Wildman–Crippen MR) is 59.5 cm³/mol. The predicted octanol–water partition coefficient (Wildman–Crippen LogP) is 0.404. The molecule has 2 atom stereocenters. The summed E-state index contributed by atoms with van der Waals surface area (Å²) in [7, 11) is 0. The Morgan fingerprint density at radius 2 is 2.20 bits per heavy atom. The van der Waals surface area contributed by atoms with Crippen LogP contribution in [0.2, 0.25) is 0 Å². The van der Waals surface area contributed by atoms with E-state index in [1.54, 1.807) is 6.92 Å². The third-order valence-corrected chi connectivity index (χ3v) is 2.87. The monoisotopic (exact) mass is 214 g/mol. The highest BCUT2D eigenvalue weighted by Crippen LogP contribution is 2.18. The molecule has 0 aromatic rings. The lowest BCUT2D eigenvalue weighted by Crippen LogP contribution is -2.48. The molecule has 0 aliphatic heterocycles. The van der Waals surface area contributed by atoms with Crippen molar-refractivity contribution in [1.82, 2.24) is 10.6 Å². The Kier molecular flexibility index (Phi) is 4.11. The van der Waals surface area contributed by atoms with Gasteiger partial charge in [0.05, 0.1) is 11.6 Å². The minimum atomic E-state index is -0.728. The Bertz CT molecular complexity index is 225. The molecule has 4 nitrogen and oxygen atoms in total. The SMILES string of the molecule is CCC(C)(O)CNC(C)C(=O)NC1CC1. The quantitative estimate of drug-likeness (QED) is 0.600. The van der Waals surface area contributed by atoms with Crippen LogP contribution in [0, 0.1) is 0 Å². The lowest BCUT2D eigenvalue weighted by atomic mass is 10.0. The highest BCUT2D eigenvalue weighted by Gasteiger charge is 2.26. The van der Waals surface area contributed by atoms with Crippen molar-refractivity contribution in [3.8, 4) is 0 Å². The van der Waals surface area contributed by atoms with Crippen molar-refractivity contribution in [3.05, 3.63) is 0 Å². The summed E-state index contributed by atoms with van der Waals surface area (Å²) in [4.78, 5) is 11.5. The fraction of sp³-hybridized carbons (Fsp3) is 0.909. The molecule has 1 fully saturated rings. The first-order valence-corrected chi connectivity index (χ1v) is 5.71. The van der Waals surface area contributed by atoms with Gasteiger partial charge >= 0.3 is 0 Å². The number of carbonyl (C=O) groups is 1. The molecular formula is C11H22N2O2. The van der Waals surface area contributed by atoms with Crippen LogP contribution in [0.3, 0.4) is 0 Å². The number of nitrogens with one attached hydrogen (secondary N) is 2. The molecule has 0 saturated heterocycles. The first-order chi connectivity index (χ1) is 6.94. The normalized spacial score (nSPS) is 21.9. The molecule has 1 amide bonds. The van der Waals surface area contributed by atoms with Crippen LogP contribution in [-0.4, -0.2) is 35.2 Å². The van der Waals surface area contributed by atoms with Gasteiger partial charge in [-0.15, -0.1) is 0 Å². The largest absolute Gasteiger partial charge is 0.389 e. The van der Waals surface area contributed by atoms with Crippen LogP contribution in [0.1, 0.15) is 40.0 Å².